The van der Waals surface area contributed by atoms with Gasteiger partial charge in [0.05, 0.1) is 31.0 Å². The van der Waals surface area contributed by atoms with Crippen LogP contribution in [0.5, 0.6) is 0 Å². The van der Waals surface area contributed by atoms with Crippen LogP contribution in [-0.2, 0) is 9.59 Å². The van der Waals surface area contributed by atoms with Crippen molar-refractivity contribution in [2.75, 3.05) is 10.6 Å². The molecule has 0 fully saturated rings. The van der Waals surface area contributed by atoms with E-state index in [-0.39, 0.29) is 16.6 Å². The topological polar surface area (TPSA) is 100 Å². The molecular formula is C35H26Cl4N4O3S2. The van der Waals surface area contributed by atoms with E-state index in [2.05, 4.69) is 20.9 Å². The zero-order chi connectivity index (χ0) is 34.2. The van der Waals surface area contributed by atoms with Crippen LogP contribution in [0.25, 0.3) is 17.3 Å². The van der Waals surface area contributed by atoms with Gasteiger partial charge < -0.3 is 16.0 Å². The lowest BCUT2D eigenvalue weighted by atomic mass is 10.1. The second-order valence-corrected chi connectivity index (χ2v) is 13.9. The summed E-state index contributed by atoms with van der Waals surface area (Å²) in [4.78, 5) is 45.1. The summed E-state index contributed by atoms with van der Waals surface area (Å²) >= 11 is 27.4. The third-order valence-electron chi connectivity index (χ3n) is 6.79. The number of hydrogen-bond donors (Lipinski definition) is 3. The van der Waals surface area contributed by atoms with E-state index in [4.69, 9.17) is 46.4 Å². The Labute approximate surface area is 305 Å². The third kappa shape index (κ3) is 9.19. The van der Waals surface area contributed by atoms with Crippen molar-refractivity contribution in [3.05, 3.63) is 133 Å². The minimum absolute atomic E-state index is 0.0411. The molecule has 7 nitrogen and oxygen atoms in total. The molecule has 0 bridgehead atoms. The number of benzene rings is 4. The van der Waals surface area contributed by atoms with E-state index in [0.717, 1.165) is 10.5 Å². The molecule has 0 saturated heterocycles. The highest BCUT2D eigenvalue weighted by molar-refractivity contribution is 8.00. The number of rotatable bonds is 11. The Morgan fingerprint density at radius 2 is 1.62 bits per heavy atom. The minimum Gasteiger partial charge on any atom is -0.321 e. The molecule has 5 rings (SSSR count). The van der Waals surface area contributed by atoms with E-state index in [1.165, 1.54) is 29.2 Å². The highest BCUT2D eigenvalue weighted by atomic mass is 35.5. The zero-order valence-corrected chi connectivity index (χ0v) is 29.8. The molecule has 0 aliphatic carbocycles. The molecule has 3 N–H and O–H groups in total. The zero-order valence-electron chi connectivity index (χ0n) is 25.1. The molecule has 0 spiro atoms. The van der Waals surface area contributed by atoms with Crippen LogP contribution in [0, 0.1) is 0 Å². The summed E-state index contributed by atoms with van der Waals surface area (Å²) in [6.45, 7) is 1.92. The second kappa shape index (κ2) is 16.5. The number of amides is 3. The van der Waals surface area contributed by atoms with Crippen molar-refractivity contribution in [1.82, 2.24) is 10.3 Å². The summed E-state index contributed by atoms with van der Waals surface area (Å²) < 4.78 is 0. The van der Waals surface area contributed by atoms with Gasteiger partial charge in [-0.2, -0.15) is 0 Å². The van der Waals surface area contributed by atoms with Crippen molar-refractivity contribution in [1.29, 1.82) is 0 Å². The van der Waals surface area contributed by atoms with Crippen LogP contribution in [0.1, 0.15) is 29.3 Å². The molecule has 1 atom stereocenters. The van der Waals surface area contributed by atoms with E-state index in [1.54, 1.807) is 78.9 Å². The van der Waals surface area contributed by atoms with Gasteiger partial charge in [-0.25, -0.2) is 4.98 Å². The number of aromatic nitrogens is 1. The number of thioether (sulfide) groups is 1. The lowest BCUT2D eigenvalue weighted by Gasteiger charge is -2.15. The molecule has 1 unspecified atom stereocenters. The van der Waals surface area contributed by atoms with E-state index >= 15 is 0 Å². The number of anilines is 2. The molecule has 1 heterocycles. The van der Waals surface area contributed by atoms with Crippen LogP contribution in [0.3, 0.4) is 0 Å². The predicted molar refractivity (Wildman–Crippen MR) is 200 cm³/mol. The van der Waals surface area contributed by atoms with Gasteiger partial charge >= 0.3 is 0 Å². The van der Waals surface area contributed by atoms with E-state index in [9.17, 15) is 14.4 Å². The van der Waals surface area contributed by atoms with Crippen molar-refractivity contribution in [2.45, 2.75) is 23.5 Å². The first kappa shape index (κ1) is 35.5. The van der Waals surface area contributed by atoms with E-state index < -0.39 is 17.1 Å². The molecule has 0 saturated carbocycles. The number of halogens is 4. The highest BCUT2D eigenvalue weighted by Crippen LogP contribution is 2.33. The number of thiazole rings is 1. The van der Waals surface area contributed by atoms with Crippen LogP contribution in [0.2, 0.25) is 20.1 Å². The Hall–Kier alpha value is -3.83. The maximum Gasteiger partial charge on any atom is 0.272 e. The van der Waals surface area contributed by atoms with Gasteiger partial charge in [-0.1, -0.05) is 95.8 Å². The SMILES string of the molecule is CCC(Sc1cccc(NC(=O)/C(=C\c2cccc(Cl)c2Cl)NC(=O)c2ccccc2)c1)C(=O)Nc1nc(-c2ccc(Cl)c(Cl)c2)cs1. The Balaban J connectivity index is 1.29. The van der Waals surface area contributed by atoms with Gasteiger partial charge in [0.25, 0.3) is 11.8 Å². The smallest absolute Gasteiger partial charge is 0.272 e. The molecule has 1 aromatic heterocycles. The van der Waals surface area contributed by atoms with Crippen LogP contribution < -0.4 is 16.0 Å². The monoisotopic (exact) mass is 754 g/mol. The average Bonchev–Trinajstić information content (AvgIpc) is 3.55. The lowest BCUT2D eigenvalue weighted by Crippen LogP contribution is -2.30. The summed E-state index contributed by atoms with van der Waals surface area (Å²) in [6.07, 6.45) is 2.00. The molecule has 0 aliphatic heterocycles. The molecule has 0 radical (unpaired) electrons. The normalized spacial score (nSPS) is 11.9. The van der Waals surface area contributed by atoms with Crippen molar-refractivity contribution >= 4 is 104 Å². The van der Waals surface area contributed by atoms with Crippen LogP contribution in [-0.4, -0.2) is 28.0 Å². The van der Waals surface area contributed by atoms with Gasteiger partial charge in [-0.15, -0.1) is 23.1 Å². The van der Waals surface area contributed by atoms with Crippen LogP contribution in [0.4, 0.5) is 10.8 Å². The highest BCUT2D eigenvalue weighted by Gasteiger charge is 2.21. The van der Waals surface area contributed by atoms with Crippen molar-refractivity contribution in [3.8, 4) is 11.3 Å². The molecule has 4 aromatic carbocycles. The minimum atomic E-state index is -0.580. The quantitative estimate of drug-likeness (QED) is 0.0921. The molecule has 5 aromatic rings. The first-order chi connectivity index (χ1) is 23.1. The van der Waals surface area contributed by atoms with Crippen LogP contribution in [0.15, 0.2) is 107 Å². The Bertz CT molecular complexity index is 2000. The maximum absolute atomic E-state index is 13.6. The molecule has 3 amide bonds. The molecule has 13 heteroatoms. The number of nitrogens with zero attached hydrogens (tertiary/aromatic N) is 1. The van der Waals surface area contributed by atoms with E-state index in [0.29, 0.717) is 49.1 Å². The van der Waals surface area contributed by atoms with Gasteiger partial charge in [0.15, 0.2) is 5.13 Å². The van der Waals surface area contributed by atoms with Gasteiger partial charge in [0.1, 0.15) is 5.70 Å². The summed E-state index contributed by atoms with van der Waals surface area (Å²) in [6, 6.07) is 25.9. The number of carbonyl (C=O) groups is 3. The molecular weight excluding hydrogens is 730 g/mol. The van der Waals surface area contributed by atoms with Crippen molar-refractivity contribution in [3.63, 3.8) is 0 Å². The average molecular weight is 757 g/mol. The fourth-order valence-corrected chi connectivity index (χ4v) is 6.76. The standard InChI is InChI=1S/C35H26Cl4N4O3S2/c1-2-30(34(46)43-35-42-29(19-47-35)21-14-15-25(36)27(38)16-21)48-24-12-7-11-23(18-24)40-33(45)28(17-22-10-6-13-26(37)31(22)39)41-32(44)20-8-4-3-5-9-20/h3-19,30H,2H2,1H3,(H,40,45)(H,41,44)(H,42,43,46)/b28-17+. The lowest BCUT2D eigenvalue weighted by molar-refractivity contribution is -0.116. The summed E-state index contributed by atoms with van der Waals surface area (Å²) in [5.74, 6) is -1.26. The van der Waals surface area contributed by atoms with Crippen molar-refractivity contribution in [2.24, 2.45) is 0 Å². The fourth-order valence-electron chi connectivity index (χ4n) is 4.37. The van der Waals surface area contributed by atoms with Crippen LogP contribution >= 0.6 is 69.5 Å². The summed E-state index contributed by atoms with van der Waals surface area (Å²) in [5.41, 5.74) is 2.70. The Morgan fingerprint density at radius 3 is 2.38 bits per heavy atom. The maximum atomic E-state index is 13.6. The van der Waals surface area contributed by atoms with Crippen molar-refractivity contribution < 1.29 is 14.4 Å². The van der Waals surface area contributed by atoms with Gasteiger partial charge in [-0.3, -0.25) is 14.4 Å². The fraction of sp³-hybridized carbons (Fsp3) is 0.0857. The number of hydrogen-bond acceptors (Lipinski definition) is 6. The molecule has 0 aliphatic rings. The Morgan fingerprint density at radius 1 is 0.854 bits per heavy atom. The largest absolute Gasteiger partial charge is 0.321 e. The number of nitrogens with one attached hydrogen (secondary N) is 3. The predicted octanol–water partition coefficient (Wildman–Crippen LogP) is 10.3. The van der Waals surface area contributed by atoms with Gasteiger partial charge in [-0.05, 0) is 66.6 Å². The first-order valence-electron chi connectivity index (χ1n) is 14.4. The number of carbonyl (C=O) groups excluding carboxylic acids is 3. The third-order valence-corrected chi connectivity index (χ3v) is 10.5. The summed E-state index contributed by atoms with van der Waals surface area (Å²) in [7, 11) is 0. The first-order valence-corrected chi connectivity index (χ1v) is 17.7. The summed E-state index contributed by atoms with van der Waals surface area (Å²) in [5, 5.41) is 11.7. The molecule has 244 valence electrons. The second-order valence-electron chi connectivity index (χ2n) is 10.2. The van der Waals surface area contributed by atoms with Gasteiger partial charge in [0, 0.05) is 27.1 Å². The van der Waals surface area contributed by atoms with Gasteiger partial charge in [0.2, 0.25) is 5.91 Å². The molecule has 48 heavy (non-hydrogen) atoms. The van der Waals surface area contributed by atoms with E-state index in [1.807, 2.05) is 24.4 Å². The Kier molecular flexibility index (Phi) is 12.2.